The highest BCUT2D eigenvalue weighted by atomic mass is 16.6. The summed E-state index contributed by atoms with van der Waals surface area (Å²) < 4.78 is 33.4. The summed E-state index contributed by atoms with van der Waals surface area (Å²) >= 11 is 0. The molecule has 0 atom stereocenters. The number of rotatable bonds is 19. The van der Waals surface area contributed by atoms with E-state index in [0.717, 1.165) is 22.3 Å². The number of amides is 2. The smallest absolute Gasteiger partial charge is 0.428 e. The third-order valence-electron chi connectivity index (χ3n) is 7.10. The Labute approximate surface area is 340 Å². The van der Waals surface area contributed by atoms with Crippen LogP contribution in [0.5, 0.6) is 0 Å². The summed E-state index contributed by atoms with van der Waals surface area (Å²) in [6, 6.07) is 39.3. The molecule has 0 unspecified atom stereocenters. The van der Waals surface area contributed by atoms with Crippen LogP contribution < -0.4 is 16.3 Å². The fourth-order valence-corrected chi connectivity index (χ4v) is 4.64. The molecule has 0 saturated carbocycles. The number of nitrogens with one attached hydrogen (secondary N) is 3. The number of hydrazine groups is 1. The molecule has 12 nitrogen and oxygen atoms in total. The van der Waals surface area contributed by atoms with Gasteiger partial charge in [0.1, 0.15) is 11.2 Å². The van der Waals surface area contributed by atoms with Crippen LogP contribution in [-0.2, 0) is 54.8 Å². The van der Waals surface area contributed by atoms with Crippen LogP contribution in [0.25, 0.3) is 0 Å². The van der Waals surface area contributed by atoms with Crippen molar-refractivity contribution < 1.29 is 39.4 Å². The number of nitrogens with zero attached hydrogens (tertiary/aromatic N) is 1. The second-order valence-corrected chi connectivity index (χ2v) is 14.7. The van der Waals surface area contributed by atoms with Crippen molar-refractivity contribution in [3.63, 3.8) is 0 Å². The molecule has 0 aromatic heterocycles. The molecule has 0 radical (unpaired) electrons. The van der Waals surface area contributed by atoms with E-state index < -0.39 is 23.4 Å². The van der Waals surface area contributed by atoms with Gasteiger partial charge in [0.25, 0.3) is 0 Å². The standard InChI is InChI=1S/C22H30N2O4.C22H28N2O4.CH4.H2/c2*1-22(2,3)28-21(25)24-23-20(16-26-14-18-10-6-4-7-11-18)17-27-15-19-12-8-5-9-13-19;;/h4-13,20,23H,14-17H2,1-3H3,(H,24,25);4-13H,14-17H2,1-3H3,(H,24,25);1H4;1H. The first-order valence-corrected chi connectivity index (χ1v) is 18.6. The van der Waals surface area contributed by atoms with Crippen LogP contribution in [0.15, 0.2) is 126 Å². The lowest BCUT2D eigenvalue weighted by atomic mass is 10.2. The number of ether oxygens (including phenoxy) is 6. The minimum absolute atomic E-state index is 0. The van der Waals surface area contributed by atoms with Crippen molar-refractivity contribution in [3.8, 4) is 0 Å². The summed E-state index contributed by atoms with van der Waals surface area (Å²) in [7, 11) is 0. The predicted molar refractivity (Wildman–Crippen MR) is 226 cm³/mol. The molecule has 0 fully saturated rings. The Hall–Kier alpha value is -5.11. The van der Waals surface area contributed by atoms with Gasteiger partial charge in [-0.1, -0.05) is 129 Å². The van der Waals surface area contributed by atoms with Crippen molar-refractivity contribution in [1.29, 1.82) is 0 Å². The van der Waals surface area contributed by atoms with E-state index in [2.05, 4.69) is 21.4 Å². The molecule has 312 valence electrons. The first-order valence-electron chi connectivity index (χ1n) is 18.6. The maximum atomic E-state index is 11.9. The maximum absolute atomic E-state index is 11.9. The zero-order chi connectivity index (χ0) is 40.5. The van der Waals surface area contributed by atoms with Gasteiger partial charge in [-0.05, 0) is 63.8 Å². The molecule has 4 aromatic rings. The van der Waals surface area contributed by atoms with Gasteiger partial charge in [0.15, 0.2) is 0 Å². The third-order valence-corrected chi connectivity index (χ3v) is 7.10. The van der Waals surface area contributed by atoms with E-state index in [9.17, 15) is 9.59 Å². The van der Waals surface area contributed by atoms with E-state index in [1.54, 1.807) is 20.8 Å². The minimum atomic E-state index is -0.615. The molecule has 4 aromatic carbocycles. The zero-order valence-electron chi connectivity index (χ0n) is 33.5. The zero-order valence-corrected chi connectivity index (χ0v) is 33.5. The first-order chi connectivity index (χ1) is 26.8. The quantitative estimate of drug-likeness (QED) is 0.0628. The Kier molecular flexibility index (Phi) is 22.5. The normalized spacial score (nSPS) is 11.0. The van der Waals surface area contributed by atoms with Crippen LogP contribution in [-0.4, -0.2) is 61.6 Å². The van der Waals surface area contributed by atoms with Gasteiger partial charge in [-0.15, -0.1) is 0 Å². The molecule has 0 heterocycles. The van der Waals surface area contributed by atoms with Crippen LogP contribution in [0, 0.1) is 0 Å². The molecule has 12 heteroatoms. The van der Waals surface area contributed by atoms with E-state index in [0.29, 0.717) is 45.4 Å². The number of carbonyl (C=O) groups is 2. The van der Waals surface area contributed by atoms with Gasteiger partial charge in [-0.3, -0.25) is 5.43 Å². The Morgan fingerprint density at radius 3 is 1.23 bits per heavy atom. The highest BCUT2D eigenvalue weighted by molar-refractivity contribution is 5.87. The van der Waals surface area contributed by atoms with Crippen molar-refractivity contribution >= 4 is 17.9 Å². The molecule has 0 aliphatic carbocycles. The van der Waals surface area contributed by atoms with Gasteiger partial charge in [-0.2, -0.15) is 5.10 Å². The van der Waals surface area contributed by atoms with E-state index in [-0.39, 0.29) is 28.1 Å². The van der Waals surface area contributed by atoms with Crippen LogP contribution in [0.3, 0.4) is 0 Å². The molecule has 57 heavy (non-hydrogen) atoms. The van der Waals surface area contributed by atoms with Crippen molar-refractivity contribution in [1.82, 2.24) is 16.3 Å². The minimum Gasteiger partial charge on any atom is -0.443 e. The van der Waals surface area contributed by atoms with Crippen LogP contribution in [0.1, 0.15) is 72.6 Å². The maximum Gasteiger partial charge on any atom is 0.428 e. The van der Waals surface area contributed by atoms with Crippen molar-refractivity contribution in [2.24, 2.45) is 5.10 Å². The number of hydrogen-bond acceptors (Lipinski definition) is 10. The molecule has 0 aliphatic heterocycles. The largest absolute Gasteiger partial charge is 0.443 e. The first kappa shape index (κ1) is 48.0. The summed E-state index contributed by atoms with van der Waals surface area (Å²) in [4.78, 5) is 23.7. The Balaban J connectivity index is 0.000000561. The number of hydrazone groups is 1. The number of hydrogen-bond donors (Lipinski definition) is 3. The number of carbonyl (C=O) groups excluding carboxylic acids is 2. The van der Waals surface area contributed by atoms with E-state index in [1.165, 1.54) is 0 Å². The van der Waals surface area contributed by atoms with Crippen LogP contribution in [0.4, 0.5) is 9.59 Å². The third kappa shape index (κ3) is 24.2. The fourth-order valence-electron chi connectivity index (χ4n) is 4.64. The van der Waals surface area contributed by atoms with Crippen molar-refractivity contribution in [2.75, 3.05) is 26.4 Å². The van der Waals surface area contributed by atoms with Crippen molar-refractivity contribution in [2.45, 2.75) is 92.6 Å². The second-order valence-electron chi connectivity index (χ2n) is 14.7. The molecular weight excluding hydrogens is 725 g/mol. The molecular formula is C45H64N4O8. The molecule has 0 spiro atoms. The van der Waals surface area contributed by atoms with Crippen molar-refractivity contribution in [3.05, 3.63) is 144 Å². The molecule has 4 rings (SSSR count). The Morgan fingerprint density at radius 1 is 0.544 bits per heavy atom. The van der Waals surface area contributed by atoms with E-state index in [4.69, 9.17) is 28.4 Å². The SMILES string of the molecule is C.CC(C)(C)OC(=O)NN=C(COCc1ccccc1)COCc1ccccc1.CC(C)(C)OC(=O)NNC(COCc1ccccc1)COCc1ccccc1.[HH]. The lowest BCUT2D eigenvalue weighted by molar-refractivity contribution is 0.0275. The molecule has 0 bridgehead atoms. The Bertz CT molecular complexity index is 1600. The summed E-state index contributed by atoms with van der Waals surface area (Å²) in [5.74, 6) is 0. The average molecular weight is 789 g/mol. The predicted octanol–water partition coefficient (Wildman–Crippen LogP) is 9.00. The lowest BCUT2D eigenvalue weighted by Gasteiger charge is -2.23. The highest BCUT2D eigenvalue weighted by Gasteiger charge is 2.18. The van der Waals surface area contributed by atoms with E-state index in [1.807, 2.05) is 142 Å². The lowest BCUT2D eigenvalue weighted by Crippen LogP contribution is -2.50. The van der Waals surface area contributed by atoms with Gasteiger partial charge in [0.2, 0.25) is 0 Å². The molecule has 3 N–H and O–H groups in total. The average Bonchev–Trinajstić information content (AvgIpc) is 3.16. The monoisotopic (exact) mass is 788 g/mol. The molecule has 2 amide bonds. The topological polar surface area (TPSA) is 138 Å². The summed E-state index contributed by atoms with van der Waals surface area (Å²) in [6.45, 7) is 13.9. The molecule has 0 saturated heterocycles. The van der Waals surface area contributed by atoms with Crippen LogP contribution in [0.2, 0.25) is 0 Å². The van der Waals surface area contributed by atoms with Gasteiger partial charge in [0.05, 0.1) is 64.6 Å². The second kappa shape index (κ2) is 26.7. The van der Waals surface area contributed by atoms with Crippen LogP contribution >= 0.6 is 0 Å². The Morgan fingerprint density at radius 2 is 0.877 bits per heavy atom. The summed E-state index contributed by atoms with van der Waals surface area (Å²) in [5, 5.41) is 4.11. The fraction of sp³-hybridized carbons (Fsp3) is 0.400. The summed E-state index contributed by atoms with van der Waals surface area (Å²) in [6.07, 6.45) is -1.15. The van der Waals surface area contributed by atoms with Gasteiger partial charge in [0, 0.05) is 1.43 Å². The number of benzene rings is 4. The van der Waals surface area contributed by atoms with Gasteiger partial charge in [-0.25, -0.2) is 20.4 Å². The van der Waals surface area contributed by atoms with E-state index >= 15 is 0 Å². The summed E-state index contributed by atoms with van der Waals surface area (Å²) in [5.41, 5.74) is 11.6. The highest BCUT2D eigenvalue weighted by Crippen LogP contribution is 2.09. The molecule has 0 aliphatic rings. The van der Waals surface area contributed by atoms with Gasteiger partial charge >= 0.3 is 12.2 Å². The van der Waals surface area contributed by atoms with Gasteiger partial charge < -0.3 is 28.4 Å².